The molecule has 0 saturated heterocycles. The van der Waals surface area contributed by atoms with Gasteiger partial charge in [-0.05, 0) is 41.8 Å². The Balaban J connectivity index is 1.85. The van der Waals surface area contributed by atoms with Crippen molar-refractivity contribution >= 4 is 29.1 Å². The van der Waals surface area contributed by atoms with Gasteiger partial charge in [-0.1, -0.05) is 35.9 Å². The van der Waals surface area contributed by atoms with Crippen molar-refractivity contribution in [1.82, 2.24) is 5.32 Å². The minimum absolute atomic E-state index is 0.0920. The lowest BCUT2D eigenvalue weighted by Crippen LogP contribution is -2.22. The first-order valence-corrected chi connectivity index (χ1v) is 8.21. The third kappa shape index (κ3) is 6.66. The topological polar surface area (TPSA) is 82.0 Å². The summed E-state index contributed by atoms with van der Waals surface area (Å²) in [4.78, 5) is 23.4. The summed E-state index contributed by atoms with van der Waals surface area (Å²) in [5.74, 6) is -0.413. The van der Waals surface area contributed by atoms with Crippen LogP contribution in [0.25, 0.3) is 0 Å². The Labute approximate surface area is 151 Å². The van der Waals surface area contributed by atoms with E-state index in [2.05, 4.69) is 10.6 Å². The van der Waals surface area contributed by atoms with Crippen molar-refractivity contribution < 1.29 is 9.59 Å². The molecule has 25 heavy (non-hydrogen) atoms. The molecule has 0 fully saturated rings. The summed E-state index contributed by atoms with van der Waals surface area (Å²) in [7, 11) is 0. The Morgan fingerprint density at radius 2 is 1.80 bits per heavy atom. The van der Waals surface area contributed by atoms with Gasteiger partial charge in [0, 0.05) is 23.7 Å². The fourth-order valence-corrected chi connectivity index (χ4v) is 2.48. The monoisotopic (exact) mass is 355 g/mol. The number of carbonyl (C=O) groups is 2. The van der Waals surface area contributed by atoms with Crippen LogP contribution in [0, 0.1) is 11.3 Å². The highest BCUT2D eigenvalue weighted by Gasteiger charge is 2.05. The van der Waals surface area contributed by atoms with Crippen molar-refractivity contribution in [1.29, 1.82) is 5.26 Å². The standard InChI is InChI=1S/C19H18ClN3O2/c20-16-5-1-3-14(11-16)7-8-19(25)23-17-6-2-4-15(12-17)13-22-18(24)9-10-21/h1-6,11-12H,7-9,13H2,(H,22,24)(H,23,25). The Kier molecular flexibility index (Phi) is 7.00. The average Bonchev–Trinajstić information content (AvgIpc) is 2.59. The molecule has 128 valence electrons. The molecule has 2 aromatic rings. The highest BCUT2D eigenvalue weighted by atomic mass is 35.5. The van der Waals surface area contributed by atoms with Crippen LogP contribution in [0.15, 0.2) is 48.5 Å². The fraction of sp³-hybridized carbons (Fsp3) is 0.211. The average molecular weight is 356 g/mol. The van der Waals surface area contributed by atoms with E-state index in [0.717, 1.165) is 11.1 Å². The summed E-state index contributed by atoms with van der Waals surface area (Å²) in [6.45, 7) is 0.312. The molecule has 0 unspecified atom stereocenters. The maximum absolute atomic E-state index is 12.1. The number of benzene rings is 2. The van der Waals surface area contributed by atoms with Crippen LogP contribution in [0.1, 0.15) is 24.0 Å². The molecule has 5 nitrogen and oxygen atoms in total. The Bertz CT molecular complexity index is 799. The van der Waals surface area contributed by atoms with Gasteiger partial charge in [0.15, 0.2) is 0 Å². The molecule has 0 radical (unpaired) electrons. The van der Waals surface area contributed by atoms with Crippen LogP contribution >= 0.6 is 11.6 Å². The molecule has 0 aromatic heterocycles. The van der Waals surface area contributed by atoms with Crippen LogP contribution in [0.4, 0.5) is 5.69 Å². The molecule has 0 aliphatic rings. The number of anilines is 1. The Morgan fingerprint density at radius 1 is 1.04 bits per heavy atom. The maximum atomic E-state index is 12.1. The van der Waals surface area contributed by atoms with Gasteiger partial charge in [-0.3, -0.25) is 9.59 Å². The normalized spacial score (nSPS) is 9.92. The molecule has 0 aliphatic heterocycles. The summed E-state index contributed by atoms with van der Waals surface area (Å²) in [5.41, 5.74) is 2.53. The molecule has 0 heterocycles. The Hall–Kier alpha value is -2.84. The van der Waals surface area contributed by atoms with Crippen LogP contribution in [-0.4, -0.2) is 11.8 Å². The minimum atomic E-state index is -0.321. The van der Waals surface area contributed by atoms with Crippen molar-refractivity contribution in [2.75, 3.05) is 5.32 Å². The second-order valence-corrected chi connectivity index (χ2v) is 5.93. The summed E-state index contributed by atoms with van der Waals surface area (Å²) in [5, 5.41) is 14.6. The number of amides is 2. The zero-order valence-electron chi connectivity index (χ0n) is 13.6. The number of hydrogen-bond donors (Lipinski definition) is 2. The first-order valence-electron chi connectivity index (χ1n) is 7.83. The van der Waals surface area contributed by atoms with Gasteiger partial charge in [0.05, 0.1) is 6.07 Å². The lowest BCUT2D eigenvalue weighted by atomic mass is 10.1. The number of aryl methyl sites for hydroxylation is 1. The fourth-order valence-electron chi connectivity index (χ4n) is 2.27. The molecule has 2 amide bonds. The molecule has 2 N–H and O–H groups in total. The quantitative estimate of drug-likeness (QED) is 0.798. The van der Waals surface area contributed by atoms with Gasteiger partial charge in [-0.25, -0.2) is 0 Å². The second kappa shape index (κ2) is 9.45. The predicted octanol–water partition coefficient (Wildman–Crippen LogP) is 3.44. The summed E-state index contributed by atoms with van der Waals surface area (Å²) in [6, 6.07) is 16.5. The smallest absolute Gasteiger partial charge is 0.234 e. The van der Waals surface area contributed by atoms with Crippen molar-refractivity contribution in [2.45, 2.75) is 25.8 Å². The van der Waals surface area contributed by atoms with Crippen molar-refractivity contribution in [3.8, 4) is 6.07 Å². The number of rotatable bonds is 7. The second-order valence-electron chi connectivity index (χ2n) is 5.49. The summed E-state index contributed by atoms with van der Waals surface area (Å²) < 4.78 is 0. The molecule has 0 atom stereocenters. The number of nitrogens with zero attached hydrogens (tertiary/aromatic N) is 1. The number of hydrogen-bond acceptors (Lipinski definition) is 3. The first kappa shape index (κ1) is 18.5. The molecule has 0 bridgehead atoms. The van der Waals surface area contributed by atoms with Gasteiger partial charge >= 0.3 is 0 Å². The van der Waals surface area contributed by atoms with Crippen LogP contribution < -0.4 is 10.6 Å². The highest BCUT2D eigenvalue weighted by molar-refractivity contribution is 6.30. The number of carbonyl (C=O) groups excluding carboxylic acids is 2. The molecule has 0 spiro atoms. The van der Waals surface area contributed by atoms with E-state index in [-0.39, 0.29) is 18.2 Å². The van der Waals surface area contributed by atoms with Crippen LogP contribution in [-0.2, 0) is 22.6 Å². The number of nitrogens with one attached hydrogen (secondary N) is 2. The van der Waals surface area contributed by atoms with Crippen LogP contribution in [0.2, 0.25) is 5.02 Å². The van der Waals surface area contributed by atoms with E-state index in [9.17, 15) is 9.59 Å². The molecule has 6 heteroatoms. The minimum Gasteiger partial charge on any atom is -0.351 e. The molecular formula is C19H18ClN3O2. The molecule has 0 saturated carbocycles. The van der Waals surface area contributed by atoms with Gasteiger partial charge < -0.3 is 10.6 Å². The van der Waals surface area contributed by atoms with Crippen molar-refractivity contribution in [2.24, 2.45) is 0 Å². The number of halogens is 1. The van der Waals surface area contributed by atoms with Gasteiger partial charge in [0.1, 0.15) is 6.42 Å². The zero-order valence-corrected chi connectivity index (χ0v) is 14.3. The Morgan fingerprint density at radius 3 is 2.56 bits per heavy atom. The van der Waals surface area contributed by atoms with Gasteiger partial charge in [0.2, 0.25) is 11.8 Å². The first-order chi connectivity index (χ1) is 12.1. The van der Waals surface area contributed by atoms with E-state index >= 15 is 0 Å². The lowest BCUT2D eigenvalue weighted by Gasteiger charge is -2.08. The maximum Gasteiger partial charge on any atom is 0.234 e. The van der Waals surface area contributed by atoms with E-state index in [1.165, 1.54) is 0 Å². The molecule has 2 rings (SSSR count). The van der Waals surface area contributed by atoms with Gasteiger partial charge in [-0.15, -0.1) is 0 Å². The largest absolute Gasteiger partial charge is 0.351 e. The van der Waals surface area contributed by atoms with Gasteiger partial charge in [-0.2, -0.15) is 5.26 Å². The summed E-state index contributed by atoms with van der Waals surface area (Å²) >= 11 is 5.93. The molecule has 2 aromatic carbocycles. The van der Waals surface area contributed by atoms with Crippen LogP contribution in [0.5, 0.6) is 0 Å². The molecular weight excluding hydrogens is 338 g/mol. The third-order valence-corrected chi connectivity index (χ3v) is 3.70. The predicted molar refractivity (Wildman–Crippen MR) is 96.9 cm³/mol. The lowest BCUT2D eigenvalue weighted by molar-refractivity contribution is -0.120. The van der Waals surface area contributed by atoms with E-state index < -0.39 is 0 Å². The van der Waals surface area contributed by atoms with Gasteiger partial charge in [0.25, 0.3) is 0 Å². The van der Waals surface area contributed by atoms with E-state index in [0.29, 0.717) is 30.1 Å². The third-order valence-electron chi connectivity index (χ3n) is 3.47. The van der Waals surface area contributed by atoms with E-state index in [1.54, 1.807) is 30.3 Å². The summed E-state index contributed by atoms with van der Waals surface area (Å²) in [6.07, 6.45) is 0.791. The molecule has 0 aliphatic carbocycles. The number of nitriles is 1. The highest BCUT2D eigenvalue weighted by Crippen LogP contribution is 2.14. The van der Waals surface area contributed by atoms with Crippen molar-refractivity contribution in [3.63, 3.8) is 0 Å². The van der Waals surface area contributed by atoms with Crippen LogP contribution in [0.3, 0.4) is 0 Å². The zero-order chi connectivity index (χ0) is 18.1. The van der Waals surface area contributed by atoms with Crippen molar-refractivity contribution in [3.05, 3.63) is 64.7 Å². The SMILES string of the molecule is N#CCC(=O)NCc1cccc(NC(=O)CCc2cccc(Cl)c2)c1. The van der Waals surface area contributed by atoms with E-state index in [4.69, 9.17) is 16.9 Å². The van der Waals surface area contributed by atoms with E-state index in [1.807, 2.05) is 24.3 Å².